The first kappa shape index (κ1) is 21.2. The summed E-state index contributed by atoms with van der Waals surface area (Å²) in [5.41, 5.74) is -0.0672. The van der Waals surface area contributed by atoms with E-state index < -0.39 is 5.60 Å². The van der Waals surface area contributed by atoms with Crippen LogP contribution in [0.3, 0.4) is 0 Å². The molecular weight excluding hydrogens is 347 g/mol. The molecule has 2 rings (SSSR count). The molecule has 0 N–H and O–H groups in total. The van der Waals surface area contributed by atoms with E-state index in [1.807, 2.05) is 34.6 Å². The maximum Gasteiger partial charge on any atom is 0.410 e. The van der Waals surface area contributed by atoms with Gasteiger partial charge in [-0.25, -0.2) is 9.18 Å². The Kier molecular flexibility index (Phi) is 6.84. The molecule has 1 saturated heterocycles. The predicted molar refractivity (Wildman–Crippen MR) is 103 cm³/mol. The number of halogens is 1. The quantitative estimate of drug-likeness (QED) is 0.789. The Morgan fingerprint density at radius 1 is 1.30 bits per heavy atom. The van der Waals surface area contributed by atoms with Crippen molar-refractivity contribution in [2.24, 2.45) is 5.92 Å². The fraction of sp³-hybridized carbons (Fsp3) is 0.619. The Labute approximate surface area is 161 Å². The lowest BCUT2D eigenvalue weighted by atomic mass is 9.96. The summed E-state index contributed by atoms with van der Waals surface area (Å²) in [5.74, 6) is -0.642. The van der Waals surface area contributed by atoms with Crippen molar-refractivity contribution in [1.29, 1.82) is 0 Å². The zero-order valence-electron chi connectivity index (χ0n) is 17.0. The minimum atomic E-state index is -0.567. The number of benzene rings is 1. The number of rotatable bonds is 4. The molecule has 0 aliphatic carbocycles. The number of amides is 2. The maximum atomic E-state index is 14.0. The second-order valence-corrected chi connectivity index (χ2v) is 8.42. The third-order valence-corrected chi connectivity index (χ3v) is 4.63. The smallest absolute Gasteiger partial charge is 0.410 e. The van der Waals surface area contributed by atoms with Gasteiger partial charge in [0.15, 0.2) is 0 Å². The lowest BCUT2D eigenvalue weighted by molar-refractivity contribution is -0.139. The van der Waals surface area contributed by atoms with Gasteiger partial charge >= 0.3 is 6.09 Å². The summed E-state index contributed by atoms with van der Waals surface area (Å²) in [5, 5.41) is 0. The van der Waals surface area contributed by atoms with Crippen molar-refractivity contribution in [1.82, 2.24) is 9.80 Å². The minimum Gasteiger partial charge on any atom is -0.444 e. The summed E-state index contributed by atoms with van der Waals surface area (Å²) in [6.07, 6.45) is 1.09. The number of piperidine rings is 1. The summed E-state index contributed by atoms with van der Waals surface area (Å²) < 4.78 is 19.5. The lowest BCUT2D eigenvalue weighted by Gasteiger charge is -2.37. The molecule has 0 radical (unpaired) electrons. The molecular formula is C21H31FN2O3. The zero-order chi connectivity index (χ0) is 20.2. The Balaban J connectivity index is 2.08. The van der Waals surface area contributed by atoms with Crippen LogP contribution in [0.25, 0.3) is 0 Å². The monoisotopic (exact) mass is 378 g/mol. The zero-order valence-corrected chi connectivity index (χ0v) is 17.0. The largest absolute Gasteiger partial charge is 0.444 e. The number of nitrogens with zero attached hydrogens (tertiary/aromatic N) is 2. The first-order valence-electron chi connectivity index (χ1n) is 9.60. The van der Waals surface area contributed by atoms with Gasteiger partial charge in [0.25, 0.3) is 0 Å². The number of ether oxygens (including phenoxy) is 1. The van der Waals surface area contributed by atoms with Crippen molar-refractivity contribution < 1.29 is 18.7 Å². The van der Waals surface area contributed by atoms with Gasteiger partial charge in [-0.05, 0) is 53.5 Å². The van der Waals surface area contributed by atoms with Gasteiger partial charge in [0.2, 0.25) is 5.91 Å². The van der Waals surface area contributed by atoms with Crippen molar-refractivity contribution in [2.45, 2.75) is 65.6 Å². The molecule has 1 aromatic carbocycles. The third kappa shape index (κ3) is 5.94. The molecule has 6 heteroatoms. The van der Waals surface area contributed by atoms with E-state index in [0.29, 0.717) is 18.7 Å². The van der Waals surface area contributed by atoms with E-state index >= 15 is 0 Å². The van der Waals surface area contributed by atoms with E-state index in [4.69, 9.17) is 4.74 Å². The molecule has 0 spiro atoms. The molecule has 1 fully saturated rings. The topological polar surface area (TPSA) is 49.9 Å². The molecule has 5 nitrogen and oxygen atoms in total. The first-order valence-corrected chi connectivity index (χ1v) is 9.60. The predicted octanol–water partition coefficient (Wildman–Crippen LogP) is 4.21. The highest BCUT2D eigenvalue weighted by Gasteiger charge is 2.34. The first-order chi connectivity index (χ1) is 12.6. The second-order valence-electron chi connectivity index (χ2n) is 8.42. The van der Waals surface area contributed by atoms with Crippen molar-refractivity contribution in [3.63, 3.8) is 0 Å². The standard InChI is InChI=1S/C21H31FN2O3/c1-15(2)24(14-16-9-6-7-11-18(16)22)19(25)17-10-8-12-23(13-17)20(26)27-21(3,4)5/h6-7,9,11,15,17H,8,10,12-14H2,1-5H3/t17-/m1/s1. The molecule has 0 saturated carbocycles. The third-order valence-electron chi connectivity index (χ3n) is 4.63. The lowest BCUT2D eigenvalue weighted by Crippen LogP contribution is -2.49. The molecule has 0 unspecified atom stereocenters. The Hall–Kier alpha value is -2.11. The molecule has 1 atom stereocenters. The number of hydrogen-bond acceptors (Lipinski definition) is 3. The summed E-state index contributed by atoms with van der Waals surface area (Å²) in [6.45, 7) is 10.5. The molecule has 2 amide bonds. The highest BCUT2D eigenvalue weighted by Crippen LogP contribution is 2.23. The van der Waals surface area contributed by atoms with Crippen molar-refractivity contribution >= 4 is 12.0 Å². The fourth-order valence-electron chi connectivity index (χ4n) is 3.23. The summed E-state index contributed by atoms with van der Waals surface area (Å²) in [6, 6.07) is 6.45. The van der Waals surface area contributed by atoms with Gasteiger partial charge in [-0.3, -0.25) is 4.79 Å². The highest BCUT2D eigenvalue weighted by atomic mass is 19.1. The highest BCUT2D eigenvalue weighted by molar-refractivity contribution is 5.80. The van der Waals surface area contributed by atoms with E-state index in [0.717, 1.165) is 12.8 Å². The van der Waals surface area contributed by atoms with Gasteiger partial charge < -0.3 is 14.5 Å². The van der Waals surface area contributed by atoms with Crippen molar-refractivity contribution in [3.05, 3.63) is 35.6 Å². The van der Waals surface area contributed by atoms with Crippen LogP contribution in [0.2, 0.25) is 0 Å². The normalized spacial score (nSPS) is 17.7. The van der Waals surface area contributed by atoms with Gasteiger partial charge in [-0.15, -0.1) is 0 Å². The average molecular weight is 378 g/mol. The van der Waals surface area contributed by atoms with Crippen molar-refractivity contribution in [3.8, 4) is 0 Å². The number of carbonyl (C=O) groups is 2. The van der Waals surface area contributed by atoms with Gasteiger partial charge in [0.05, 0.1) is 5.92 Å². The summed E-state index contributed by atoms with van der Waals surface area (Å²) in [7, 11) is 0. The van der Waals surface area contributed by atoms with E-state index in [1.54, 1.807) is 28.0 Å². The Bertz CT molecular complexity index is 670. The summed E-state index contributed by atoms with van der Waals surface area (Å²) in [4.78, 5) is 28.8. The van der Waals surface area contributed by atoms with Gasteiger partial charge in [-0.2, -0.15) is 0 Å². The average Bonchev–Trinajstić information content (AvgIpc) is 2.59. The molecule has 1 aliphatic rings. The van der Waals surface area contributed by atoms with Crippen LogP contribution in [-0.4, -0.2) is 46.5 Å². The van der Waals surface area contributed by atoms with E-state index in [2.05, 4.69) is 0 Å². The Morgan fingerprint density at radius 2 is 1.96 bits per heavy atom. The molecule has 150 valence electrons. The van der Waals surface area contributed by atoms with Gasteiger partial charge in [-0.1, -0.05) is 18.2 Å². The second kappa shape index (κ2) is 8.72. The van der Waals surface area contributed by atoms with Crippen molar-refractivity contribution in [2.75, 3.05) is 13.1 Å². The summed E-state index contributed by atoms with van der Waals surface area (Å²) >= 11 is 0. The van der Waals surface area contributed by atoms with Crippen LogP contribution in [-0.2, 0) is 16.1 Å². The minimum absolute atomic E-state index is 0.0403. The van der Waals surface area contributed by atoms with E-state index in [1.165, 1.54) is 6.07 Å². The van der Waals surface area contributed by atoms with Crippen LogP contribution in [0.1, 0.15) is 53.0 Å². The number of hydrogen-bond donors (Lipinski definition) is 0. The van der Waals surface area contributed by atoms with Crippen LogP contribution >= 0.6 is 0 Å². The number of likely N-dealkylation sites (tertiary alicyclic amines) is 1. The number of carbonyl (C=O) groups excluding carboxylic acids is 2. The molecule has 1 aromatic rings. The maximum absolute atomic E-state index is 14.0. The molecule has 27 heavy (non-hydrogen) atoms. The SMILES string of the molecule is CC(C)N(Cc1ccccc1F)C(=O)[C@@H]1CCCN(C(=O)OC(C)(C)C)C1. The van der Waals surface area contributed by atoms with E-state index in [-0.39, 0.29) is 36.3 Å². The van der Waals surface area contributed by atoms with Gasteiger partial charge in [0.1, 0.15) is 11.4 Å². The van der Waals surface area contributed by atoms with E-state index in [9.17, 15) is 14.0 Å². The van der Waals surface area contributed by atoms with Crippen LogP contribution in [0, 0.1) is 11.7 Å². The van der Waals surface area contributed by atoms with Crippen LogP contribution in [0.5, 0.6) is 0 Å². The van der Waals surface area contributed by atoms with Crippen LogP contribution in [0.15, 0.2) is 24.3 Å². The van der Waals surface area contributed by atoms with Gasteiger partial charge in [0, 0.05) is 31.2 Å². The fourth-order valence-corrected chi connectivity index (χ4v) is 3.23. The van der Waals surface area contributed by atoms with Crippen LogP contribution < -0.4 is 0 Å². The Morgan fingerprint density at radius 3 is 2.56 bits per heavy atom. The molecule has 1 heterocycles. The van der Waals surface area contributed by atoms with Crippen LogP contribution in [0.4, 0.5) is 9.18 Å². The molecule has 1 aliphatic heterocycles. The molecule has 0 bridgehead atoms. The molecule has 0 aromatic heterocycles.